The van der Waals surface area contributed by atoms with Crippen LogP contribution in [-0.4, -0.2) is 22.4 Å². The van der Waals surface area contributed by atoms with Crippen LogP contribution in [-0.2, 0) is 6.54 Å². The highest BCUT2D eigenvalue weighted by Crippen LogP contribution is 2.26. The predicted octanol–water partition coefficient (Wildman–Crippen LogP) is 2.29. The summed E-state index contributed by atoms with van der Waals surface area (Å²) in [5, 5.41) is 29.9. The fourth-order valence-corrected chi connectivity index (χ4v) is 1.89. The third-order valence-corrected chi connectivity index (χ3v) is 3.27. The van der Waals surface area contributed by atoms with E-state index in [1.807, 2.05) is 13.8 Å². The number of ether oxygens (including phenoxy) is 1. The molecule has 0 aliphatic carbocycles. The summed E-state index contributed by atoms with van der Waals surface area (Å²) in [7, 11) is 1.49. The predicted molar refractivity (Wildman–Crippen MR) is 78.2 cm³/mol. The van der Waals surface area contributed by atoms with Gasteiger partial charge in [-0.3, -0.25) is 0 Å². The Morgan fingerprint density at radius 1 is 1.33 bits per heavy atom. The quantitative estimate of drug-likeness (QED) is 0.895. The molecule has 0 aliphatic rings. The first kappa shape index (κ1) is 14.6. The first-order chi connectivity index (χ1) is 10.1. The zero-order chi connectivity index (χ0) is 15.4. The Kier molecular flexibility index (Phi) is 4.24. The molecule has 0 bridgehead atoms. The van der Waals surface area contributed by atoms with Crippen LogP contribution in [0.5, 0.6) is 11.5 Å². The van der Waals surface area contributed by atoms with E-state index in [2.05, 4.69) is 21.6 Å². The van der Waals surface area contributed by atoms with E-state index in [1.54, 1.807) is 18.2 Å². The molecule has 108 valence electrons. The monoisotopic (exact) mass is 284 g/mol. The van der Waals surface area contributed by atoms with Crippen molar-refractivity contribution in [3.8, 4) is 17.6 Å². The maximum atomic E-state index is 9.56. The minimum Gasteiger partial charge on any atom is -0.504 e. The third-order valence-electron chi connectivity index (χ3n) is 3.27. The normalized spacial score (nSPS) is 10.0. The molecule has 0 unspecified atom stereocenters. The number of nitrogens with one attached hydrogen (secondary N) is 1. The Labute approximate surface area is 123 Å². The molecule has 0 saturated heterocycles. The van der Waals surface area contributed by atoms with Gasteiger partial charge in [0.25, 0.3) is 0 Å². The van der Waals surface area contributed by atoms with Gasteiger partial charge in [-0.2, -0.15) is 10.4 Å². The lowest BCUT2D eigenvalue weighted by atomic mass is 10.1. The lowest BCUT2D eigenvalue weighted by Crippen LogP contribution is -2.07. The first-order valence-corrected chi connectivity index (χ1v) is 6.40. The average Bonchev–Trinajstić information content (AvgIpc) is 2.49. The van der Waals surface area contributed by atoms with E-state index in [4.69, 9.17) is 4.74 Å². The molecule has 0 amide bonds. The molecule has 2 aromatic rings. The first-order valence-electron chi connectivity index (χ1n) is 6.40. The number of phenolic OH excluding ortho intramolecular Hbond substituents is 1. The fraction of sp³-hybridized carbons (Fsp3) is 0.267. The van der Waals surface area contributed by atoms with Crippen molar-refractivity contribution in [3.05, 3.63) is 40.6 Å². The number of benzene rings is 1. The second-order valence-electron chi connectivity index (χ2n) is 4.61. The van der Waals surface area contributed by atoms with Gasteiger partial charge in [0, 0.05) is 6.54 Å². The summed E-state index contributed by atoms with van der Waals surface area (Å²) in [6.45, 7) is 4.11. The smallest absolute Gasteiger partial charge is 0.167 e. The Bertz CT molecular complexity index is 708. The van der Waals surface area contributed by atoms with Crippen molar-refractivity contribution in [2.24, 2.45) is 0 Å². The van der Waals surface area contributed by atoms with Crippen molar-refractivity contribution in [1.29, 1.82) is 5.26 Å². The van der Waals surface area contributed by atoms with Gasteiger partial charge in [0.05, 0.1) is 12.8 Å². The Balaban J connectivity index is 2.21. The third kappa shape index (κ3) is 3.03. The zero-order valence-corrected chi connectivity index (χ0v) is 12.1. The molecule has 2 N–H and O–H groups in total. The van der Waals surface area contributed by atoms with Gasteiger partial charge < -0.3 is 15.2 Å². The van der Waals surface area contributed by atoms with Gasteiger partial charge in [-0.05, 0) is 37.1 Å². The van der Waals surface area contributed by atoms with E-state index in [1.165, 1.54) is 7.11 Å². The van der Waals surface area contributed by atoms with E-state index in [0.29, 0.717) is 23.7 Å². The van der Waals surface area contributed by atoms with Crippen molar-refractivity contribution >= 4 is 5.82 Å². The number of aromatic hydroxyl groups is 1. The molecular weight excluding hydrogens is 268 g/mol. The fourth-order valence-electron chi connectivity index (χ4n) is 1.89. The van der Waals surface area contributed by atoms with E-state index in [9.17, 15) is 10.4 Å². The lowest BCUT2D eigenvalue weighted by molar-refractivity contribution is 0.373. The zero-order valence-electron chi connectivity index (χ0n) is 12.1. The summed E-state index contributed by atoms with van der Waals surface area (Å²) < 4.78 is 5.06. The molecule has 0 spiro atoms. The molecule has 0 radical (unpaired) electrons. The highest BCUT2D eigenvalue weighted by Gasteiger charge is 2.11. The van der Waals surface area contributed by atoms with Crippen molar-refractivity contribution in [2.75, 3.05) is 12.4 Å². The second kappa shape index (κ2) is 6.09. The topological polar surface area (TPSA) is 91.1 Å². The average molecular weight is 284 g/mol. The van der Waals surface area contributed by atoms with Crippen molar-refractivity contribution in [1.82, 2.24) is 10.2 Å². The number of hydrogen-bond acceptors (Lipinski definition) is 6. The van der Waals surface area contributed by atoms with Crippen molar-refractivity contribution in [3.63, 3.8) is 0 Å². The molecule has 2 rings (SSSR count). The summed E-state index contributed by atoms with van der Waals surface area (Å²) in [6, 6.07) is 7.20. The molecule has 0 aliphatic heterocycles. The van der Waals surface area contributed by atoms with Crippen LogP contribution in [0.3, 0.4) is 0 Å². The molecule has 1 aromatic carbocycles. The number of aromatic nitrogens is 2. The number of nitrogens with zero attached hydrogens (tertiary/aromatic N) is 3. The SMILES string of the molecule is COc1cc(CNc2nnc(C)c(C)c2C#N)ccc1O. The summed E-state index contributed by atoms with van der Waals surface area (Å²) in [6.07, 6.45) is 0. The number of methoxy groups -OCH3 is 1. The number of nitriles is 1. The second-order valence-corrected chi connectivity index (χ2v) is 4.61. The molecule has 6 nitrogen and oxygen atoms in total. The number of phenols is 1. The minimum absolute atomic E-state index is 0.0879. The minimum atomic E-state index is 0.0879. The van der Waals surface area contributed by atoms with Gasteiger partial charge in [-0.25, -0.2) is 0 Å². The molecule has 21 heavy (non-hydrogen) atoms. The maximum absolute atomic E-state index is 9.56. The van der Waals surface area contributed by atoms with E-state index < -0.39 is 0 Å². The lowest BCUT2D eigenvalue weighted by Gasteiger charge is -2.10. The van der Waals surface area contributed by atoms with Gasteiger partial charge in [0.2, 0.25) is 0 Å². The van der Waals surface area contributed by atoms with Gasteiger partial charge in [-0.1, -0.05) is 6.07 Å². The summed E-state index contributed by atoms with van der Waals surface area (Å²) in [5.41, 5.74) is 2.95. The summed E-state index contributed by atoms with van der Waals surface area (Å²) in [5.74, 6) is 0.943. The van der Waals surface area contributed by atoms with E-state index in [0.717, 1.165) is 16.8 Å². The Morgan fingerprint density at radius 3 is 2.76 bits per heavy atom. The van der Waals surface area contributed by atoms with E-state index >= 15 is 0 Å². The molecule has 0 atom stereocenters. The molecule has 0 fully saturated rings. The van der Waals surface area contributed by atoms with Crippen LogP contribution in [0.1, 0.15) is 22.4 Å². The largest absolute Gasteiger partial charge is 0.504 e. The van der Waals surface area contributed by atoms with Crippen LogP contribution in [0, 0.1) is 25.2 Å². The van der Waals surface area contributed by atoms with Gasteiger partial charge in [-0.15, -0.1) is 5.10 Å². The number of rotatable bonds is 4. The van der Waals surface area contributed by atoms with Crippen LogP contribution in [0.4, 0.5) is 5.82 Å². The van der Waals surface area contributed by atoms with Gasteiger partial charge >= 0.3 is 0 Å². The Morgan fingerprint density at radius 2 is 2.10 bits per heavy atom. The van der Waals surface area contributed by atoms with Crippen LogP contribution in [0.2, 0.25) is 0 Å². The van der Waals surface area contributed by atoms with Gasteiger partial charge in [0.15, 0.2) is 17.3 Å². The molecule has 1 heterocycles. The van der Waals surface area contributed by atoms with Gasteiger partial charge in [0.1, 0.15) is 11.6 Å². The maximum Gasteiger partial charge on any atom is 0.167 e. The van der Waals surface area contributed by atoms with Crippen LogP contribution in [0.15, 0.2) is 18.2 Å². The Hall–Kier alpha value is -2.81. The summed E-state index contributed by atoms with van der Waals surface area (Å²) >= 11 is 0. The van der Waals surface area contributed by atoms with Crippen molar-refractivity contribution in [2.45, 2.75) is 20.4 Å². The van der Waals surface area contributed by atoms with Crippen LogP contribution in [0.25, 0.3) is 0 Å². The number of aryl methyl sites for hydroxylation is 1. The molecular formula is C15H16N4O2. The molecule has 0 saturated carbocycles. The van der Waals surface area contributed by atoms with E-state index in [-0.39, 0.29) is 5.75 Å². The van der Waals surface area contributed by atoms with Crippen molar-refractivity contribution < 1.29 is 9.84 Å². The van der Waals surface area contributed by atoms with Crippen LogP contribution >= 0.6 is 0 Å². The number of anilines is 1. The standard InChI is InChI=1S/C15H16N4O2/c1-9-10(2)18-19-15(12(9)7-16)17-8-11-4-5-13(20)14(6-11)21-3/h4-6,20H,8H2,1-3H3,(H,17,19). The summed E-state index contributed by atoms with van der Waals surface area (Å²) in [4.78, 5) is 0. The highest BCUT2D eigenvalue weighted by atomic mass is 16.5. The molecule has 6 heteroatoms. The van der Waals surface area contributed by atoms with Crippen LogP contribution < -0.4 is 10.1 Å². The molecule has 1 aromatic heterocycles. The highest BCUT2D eigenvalue weighted by molar-refractivity contribution is 5.56. The number of hydrogen-bond donors (Lipinski definition) is 2.